The minimum absolute atomic E-state index is 0.0438. The highest BCUT2D eigenvalue weighted by atomic mass is 16.5. The first-order valence-electron chi connectivity index (χ1n) is 7.17. The Morgan fingerprint density at radius 3 is 2.62 bits per heavy atom. The zero-order valence-corrected chi connectivity index (χ0v) is 12.7. The van der Waals surface area contributed by atoms with Gasteiger partial charge in [-0.1, -0.05) is 0 Å². The van der Waals surface area contributed by atoms with Crippen LogP contribution in [0.1, 0.15) is 30.8 Å². The molecule has 1 aromatic rings. The fraction of sp³-hybridized carbons (Fsp3) is 0.643. The topological polar surface area (TPSA) is 76.5 Å². The van der Waals surface area contributed by atoms with Gasteiger partial charge in [0.2, 0.25) is 5.91 Å². The van der Waals surface area contributed by atoms with Gasteiger partial charge in [-0.2, -0.15) is 5.10 Å². The molecule has 1 fully saturated rings. The van der Waals surface area contributed by atoms with E-state index < -0.39 is 0 Å². The molecule has 2 atom stereocenters. The summed E-state index contributed by atoms with van der Waals surface area (Å²) in [4.78, 5) is 25.8. The maximum atomic E-state index is 12.1. The number of carbonyl (C=O) groups is 2. The Morgan fingerprint density at radius 2 is 2.05 bits per heavy atom. The highest BCUT2D eigenvalue weighted by molar-refractivity contribution is 5.92. The van der Waals surface area contributed by atoms with Crippen LogP contribution in [0.25, 0.3) is 0 Å². The van der Waals surface area contributed by atoms with Gasteiger partial charge in [-0.05, 0) is 19.9 Å². The highest BCUT2D eigenvalue weighted by Crippen LogP contribution is 2.11. The van der Waals surface area contributed by atoms with Gasteiger partial charge in [0.25, 0.3) is 5.91 Å². The molecule has 0 saturated carbocycles. The monoisotopic (exact) mass is 294 g/mol. The smallest absolute Gasteiger partial charge is 0.269 e. The van der Waals surface area contributed by atoms with E-state index in [1.54, 1.807) is 24.2 Å². The van der Waals surface area contributed by atoms with Crippen molar-refractivity contribution < 1.29 is 14.3 Å². The molecule has 2 rings (SSSR count). The van der Waals surface area contributed by atoms with E-state index in [0.29, 0.717) is 31.7 Å². The molecular weight excluding hydrogens is 272 g/mol. The summed E-state index contributed by atoms with van der Waals surface area (Å²) in [6, 6.07) is 1.64. The van der Waals surface area contributed by atoms with Gasteiger partial charge in [0.1, 0.15) is 5.69 Å². The van der Waals surface area contributed by atoms with Gasteiger partial charge in [-0.25, -0.2) is 0 Å². The summed E-state index contributed by atoms with van der Waals surface area (Å²) in [5.41, 5.74) is 0.482. The predicted molar refractivity (Wildman–Crippen MR) is 76.7 cm³/mol. The van der Waals surface area contributed by atoms with Crippen LogP contribution < -0.4 is 5.32 Å². The van der Waals surface area contributed by atoms with Crippen molar-refractivity contribution in [2.75, 3.05) is 19.6 Å². The van der Waals surface area contributed by atoms with Crippen molar-refractivity contribution in [3.05, 3.63) is 18.0 Å². The number of ether oxygens (including phenoxy) is 1. The Hall–Kier alpha value is -1.89. The number of morpholine rings is 1. The lowest BCUT2D eigenvalue weighted by Gasteiger charge is -2.35. The van der Waals surface area contributed by atoms with Crippen LogP contribution in [-0.4, -0.2) is 58.3 Å². The van der Waals surface area contributed by atoms with Gasteiger partial charge < -0.3 is 15.0 Å². The Kier molecular flexibility index (Phi) is 4.95. The SMILES string of the molecule is CC1CN(C(=O)CCNC(=O)c2ccnn2C)CC(C)O1. The molecule has 116 valence electrons. The van der Waals surface area contributed by atoms with Gasteiger partial charge in [0.05, 0.1) is 12.2 Å². The standard InChI is InChI=1S/C14H22N4O3/c1-10-8-18(9-11(2)21-10)13(19)5-6-15-14(20)12-4-7-16-17(12)3/h4,7,10-11H,5-6,8-9H2,1-3H3,(H,15,20). The first-order valence-corrected chi connectivity index (χ1v) is 7.17. The second kappa shape index (κ2) is 6.71. The van der Waals surface area contributed by atoms with E-state index in [1.807, 2.05) is 13.8 Å². The van der Waals surface area contributed by atoms with Crippen molar-refractivity contribution in [1.29, 1.82) is 0 Å². The lowest BCUT2D eigenvalue weighted by molar-refractivity contribution is -0.143. The summed E-state index contributed by atoms with van der Waals surface area (Å²) in [7, 11) is 1.70. The summed E-state index contributed by atoms with van der Waals surface area (Å²) >= 11 is 0. The molecule has 1 saturated heterocycles. The molecular formula is C14H22N4O3. The van der Waals surface area contributed by atoms with E-state index in [9.17, 15) is 9.59 Å². The van der Waals surface area contributed by atoms with Crippen LogP contribution >= 0.6 is 0 Å². The summed E-state index contributed by atoms with van der Waals surface area (Å²) < 4.78 is 7.10. The quantitative estimate of drug-likeness (QED) is 0.859. The molecule has 7 nitrogen and oxygen atoms in total. The van der Waals surface area contributed by atoms with Gasteiger partial charge in [0.15, 0.2) is 0 Å². The third-order valence-electron chi connectivity index (χ3n) is 3.45. The molecule has 2 unspecified atom stereocenters. The van der Waals surface area contributed by atoms with Crippen molar-refractivity contribution in [2.45, 2.75) is 32.5 Å². The van der Waals surface area contributed by atoms with Crippen molar-refractivity contribution in [3.63, 3.8) is 0 Å². The zero-order chi connectivity index (χ0) is 15.4. The third kappa shape index (κ3) is 4.04. The Labute approximate surface area is 124 Å². The van der Waals surface area contributed by atoms with Crippen LogP contribution in [-0.2, 0) is 16.6 Å². The molecule has 0 spiro atoms. The Balaban J connectivity index is 1.77. The van der Waals surface area contributed by atoms with E-state index in [4.69, 9.17) is 4.74 Å². The van der Waals surface area contributed by atoms with E-state index in [1.165, 1.54) is 4.68 Å². The normalized spacial score (nSPS) is 22.1. The number of carbonyl (C=O) groups excluding carboxylic acids is 2. The first kappa shape index (κ1) is 15.5. The molecule has 1 aliphatic heterocycles. The Morgan fingerprint density at radius 1 is 1.38 bits per heavy atom. The maximum absolute atomic E-state index is 12.1. The number of aromatic nitrogens is 2. The lowest BCUT2D eigenvalue weighted by atomic mass is 10.2. The molecule has 0 radical (unpaired) electrons. The minimum Gasteiger partial charge on any atom is -0.372 e. The Bertz CT molecular complexity index is 504. The third-order valence-corrected chi connectivity index (χ3v) is 3.45. The lowest BCUT2D eigenvalue weighted by Crippen LogP contribution is -2.48. The summed E-state index contributed by atoms with van der Waals surface area (Å²) in [5.74, 6) is -0.172. The van der Waals surface area contributed by atoms with Gasteiger partial charge in [-0.3, -0.25) is 14.3 Å². The number of nitrogens with one attached hydrogen (secondary N) is 1. The molecule has 0 aromatic carbocycles. The zero-order valence-electron chi connectivity index (χ0n) is 12.7. The van der Waals surface area contributed by atoms with Crippen molar-refractivity contribution in [3.8, 4) is 0 Å². The fourth-order valence-corrected chi connectivity index (χ4v) is 2.51. The van der Waals surface area contributed by atoms with Crippen LogP contribution in [0.2, 0.25) is 0 Å². The number of nitrogens with zero attached hydrogens (tertiary/aromatic N) is 3. The van der Waals surface area contributed by atoms with Crippen LogP contribution in [0, 0.1) is 0 Å². The summed E-state index contributed by atoms with van der Waals surface area (Å²) in [6.07, 6.45) is 1.98. The van der Waals surface area contributed by atoms with Crippen LogP contribution in [0.15, 0.2) is 12.3 Å². The molecule has 2 heterocycles. The van der Waals surface area contributed by atoms with E-state index in [2.05, 4.69) is 10.4 Å². The van der Waals surface area contributed by atoms with Crippen LogP contribution in [0.5, 0.6) is 0 Å². The number of hydrogen-bond acceptors (Lipinski definition) is 4. The predicted octanol–water partition coefficient (Wildman–Crippen LogP) is 0.176. The van der Waals surface area contributed by atoms with Crippen molar-refractivity contribution in [1.82, 2.24) is 20.0 Å². The van der Waals surface area contributed by atoms with Gasteiger partial charge in [0, 0.05) is 39.3 Å². The minimum atomic E-state index is -0.216. The summed E-state index contributed by atoms with van der Waals surface area (Å²) in [5, 5.41) is 6.68. The van der Waals surface area contributed by atoms with Crippen LogP contribution in [0.3, 0.4) is 0 Å². The fourth-order valence-electron chi connectivity index (χ4n) is 2.51. The molecule has 0 bridgehead atoms. The maximum Gasteiger partial charge on any atom is 0.269 e. The van der Waals surface area contributed by atoms with E-state index in [0.717, 1.165) is 0 Å². The number of rotatable bonds is 4. The second-order valence-corrected chi connectivity index (χ2v) is 5.40. The van der Waals surface area contributed by atoms with Gasteiger partial charge >= 0.3 is 0 Å². The molecule has 7 heteroatoms. The molecule has 21 heavy (non-hydrogen) atoms. The number of hydrogen-bond donors (Lipinski definition) is 1. The molecule has 0 aliphatic carbocycles. The summed E-state index contributed by atoms with van der Waals surface area (Å²) in [6.45, 7) is 5.46. The number of amides is 2. The van der Waals surface area contributed by atoms with Gasteiger partial charge in [-0.15, -0.1) is 0 Å². The van der Waals surface area contributed by atoms with Crippen LogP contribution in [0.4, 0.5) is 0 Å². The largest absolute Gasteiger partial charge is 0.372 e. The second-order valence-electron chi connectivity index (χ2n) is 5.40. The molecule has 1 N–H and O–H groups in total. The van der Waals surface area contributed by atoms with Crippen molar-refractivity contribution in [2.24, 2.45) is 7.05 Å². The van der Waals surface area contributed by atoms with E-state index >= 15 is 0 Å². The van der Waals surface area contributed by atoms with Crippen molar-refractivity contribution >= 4 is 11.8 Å². The van der Waals surface area contributed by atoms with E-state index in [-0.39, 0.29) is 24.0 Å². The molecule has 2 amide bonds. The first-order chi connectivity index (χ1) is 9.97. The number of aryl methyl sites for hydroxylation is 1. The average Bonchev–Trinajstić information content (AvgIpc) is 2.83. The highest BCUT2D eigenvalue weighted by Gasteiger charge is 2.25. The molecule has 1 aliphatic rings. The average molecular weight is 294 g/mol. The molecule has 1 aromatic heterocycles.